The minimum atomic E-state index is -5.78. The summed E-state index contributed by atoms with van der Waals surface area (Å²) in [5, 5.41) is 7.15. The van der Waals surface area contributed by atoms with Gasteiger partial charge in [0.2, 0.25) is 0 Å². The summed E-state index contributed by atoms with van der Waals surface area (Å²) in [6, 6.07) is 9.56. The quantitative estimate of drug-likeness (QED) is 0.0754. The van der Waals surface area contributed by atoms with E-state index in [0.29, 0.717) is 23.1 Å². The van der Waals surface area contributed by atoms with E-state index in [4.69, 9.17) is 10.6 Å². The van der Waals surface area contributed by atoms with E-state index in [-0.39, 0.29) is 12.4 Å². The van der Waals surface area contributed by atoms with Crippen molar-refractivity contribution in [2.75, 3.05) is 18.6 Å². The van der Waals surface area contributed by atoms with Crippen LogP contribution < -0.4 is 26.1 Å². The lowest BCUT2D eigenvalue weighted by atomic mass is 9.91. The number of allylic oxidation sites excluding steroid dienone is 2. The molecule has 2 aromatic carbocycles. The van der Waals surface area contributed by atoms with Crippen LogP contribution in [0.5, 0.6) is 11.5 Å². The summed E-state index contributed by atoms with van der Waals surface area (Å²) in [4.78, 5) is 4.24. The first-order valence-corrected chi connectivity index (χ1v) is 13.2. The highest BCUT2D eigenvalue weighted by Crippen LogP contribution is 2.37. The number of ether oxygens (including phenoxy) is 2. The predicted octanol–water partition coefficient (Wildman–Crippen LogP) is 7.02. The zero-order valence-corrected chi connectivity index (χ0v) is 24.2. The largest absolute Gasteiger partial charge is 0.499 e. The number of nitrogens with zero attached hydrogens (tertiary/aromatic N) is 3. The van der Waals surface area contributed by atoms with Crippen molar-refractivity contribution in [2.24, 2.45) is 11.8 Å². The molecule has 4 N–H and O–H groups in total. The Kier molecular flexibility index (Phi) is 13.2. The van der Waals surface area contributed by atoms with Crippen LogP contribution in [0, 0.1) is 25.7 Å². The Hall–Kier alpha value is -4.36. The maximum Gasteiger partial charge on any atom is 0.499 e. The maximum atomic E-state index is 12.9. The van der Waals surface area contributed by atoms with Crippen molar-refractivity contribution in [3.63, 3.8) is 0 Å². The number of nitrogens with two attached hydrogens (primary N) is 1. The van der Waals surface area contributed by atoms with Crippen LogP contribution in [0.25, 0.3) is 11.3 Å². The number of alkyl halides is 8. The molecular weight excluding hydrogens is 616 g/mol. The fourth-order valence-electron chi connectivity index (χ4n) is 3.79. The highest BCUT2D eigenvalue weighted by Gasteiger charge is 2.61. The van der Waals surface area contributed by atoms with E-state index >= 15 is 0 Å². The molecule has 0 spiro atoms. The van der Waals surface area contributed by atoms with E-state index in [1.807, 2.05) is 6.92 Å². The Labute approximate surface area is 254 Å². The molecule has 1 unspecified atom stereocenters. The van der Waals surface area contributed by atoms with Crippen LogP contribution in [0.2, 0.25) is 0 Å². The number of aromatic nitrogens is 3. The Morgan fingerprint density at radius 3 is 2.24 bits per heavy atom. The van der Waals surface area contributed by atoms with Crippen LogP contribution >= 0.6 is 0 Å². The number of anilines is 1. The SMILES string of the molecule is C#C.CC1CC=C(c2ncn(-c3ccc(OC(F)(F)C(F)(F)F)cc3)n2)CC1.Cc1ccc(OCC(F)(F)F)c(NCNN)c1. The summed E-state index contributed by atoms with van der Waals surface area (Å²) >= 11 is 0. The van der Waals surface area contributed by atoms with Gasteiger partial charge in [-0.25, -0.2) is 15.1 Å². The Balaban J connectivity index is 0.000000323. The van der Waals surface area contributed by atoms with Crippen molar-refractivity contribution in [1.82, 2.24) is 20.2 Å². The topological polar surface area (TPSA) is 99.2 Å². The molecule has 0 saturated carbocycles. The predicted molar refractivity (Wildman–Crippen MR) is 152 cm³/mol. The molecule has 3 aromatic rings. The molecule has 1 aliphatic rings. The molecule has 16 heteroatoms. The first-order chi connectivity index (χ1) is 21.1. The van der Waals surface area contributed by atoms with E-state index in [0.717, 1.165) is 42.5 Å². The monoisotopic (exact) mass is 648 g/mol. The van der Waals surface area contributed by atoms with Gasteiger partial charge < -0.3 is 14.8 Å². The molecule has 1 heterocycles. The van der Waals surface area contributed by atoms with E-state index < -0.39 is 30.8 Å². The molecule has 0 fully saturated rings. The van der Waals surface area contributed by atoms with Gasteiger partial charge in [-0.15, -0.1) is 17.9 Å². The Morgan fingerprint density at radius 1 is 1.02 bits per heavy atom. The molecule has 1 aliphatic carbocycles. The van der Waals surface area contributed by atoms with Gasteiger partial charge >= 0.3 is 18.5 Å². The number of benzene rings is 2. The van der Waals surface area contributed by atoms with Crippen molar-refractivity contribution in [3.8, 4) is 30.0 Å². The van der Waals surface area contributed by atoms with Gasteiger partial charge in [0.25, 0.3) is 0 Å². The third-order valence-electron chi connectivity index (χ3n) is 6.04. The lowest BCUT2D eigenvalue weighted by molar-refractivity contribution is -0.360. The molecule has 0 bridgehead atoms. The molecule has 0 saturated heterocycles. The lowest BCUT2D eigenvalue weighted by Crippen LogP contribution is -2.41. The molecule has 8 nitrogen and oxygen atoms in total. The van der Waals surface area contributed by atoms with Crippen LogP contribution in [0.4, 0.5) is 40.8 Å². The van der Waals surface area contributed by atoms with Crippen LogP contribution in [-0.2, 0) is 0 Å². The zero-order chi connectivity index (χ0) is 33.8. The average molecular weight is 649 g/mol. The van der Waals surface area contributed by atoms with Crippen LogP contribution in [0.1, 0.15) is 37.6 Å². The number of nitrogens with one attached hydrogen (secondary N) is 2. The van der Waals surface area contributed by atoms with Gasteiger partial charge in [-0.05, 0) is 79.6 Å². The van der Waals surface area contributed by atoms with Crippen LogP contribution in [-0.4, -0.2) is 46.5 Å². The van der Waals surface area contributed by atoms with Crippen molar-refractivity contribution in [1.29, 1.82) is 0 Å². The highest BCUT2D eigenvalue weighted by molar-refractivity contribution is 5.60. The average Bonchev–Trinajstić information content (AvgIpc) is 3.47. The van der Waals surface area contributed by atoms with Gasteiger partial charge in [0, 0.05) is 0 Å². The standard InChI is InChI=1S/C17H16F5N3O.C10H14F3N3O.C2H2/c1-11-2-4-12(5-3-11)15-23-10-25(24-15)13-6-8-14(9-7-13)26-17(21,22)16(18,19)20;1-7-2-3-9(17-5-10(11,12)13)8(4-7)15-6-16-14;1-2/h4,6-11H,2-3,5H2,1H3;2-4,15-16H,5-6,14H2,1H3;1-2H. The fraction of sp³-hybridized carbons (Fsp3) is 0.379. The lowest BCUT2D eigenvalue weighted by Gasteiger charge is -2.20. The second-order valence-corrected chi connectivity index (χ2v) is 9.69. The first kappa shape index (κ1) is 36.8. The Bertz CT molecular complexity index is 1400. The van der Waals surface area contributed by atoms with Gasteiger partial charge in [-0.1, -0.05) is 19.1 Å². The number of hydrogen-bond acceptors (Lipinski definition) is 7. The molecule has 4 rings (SSSR count). The molecule has 1 atom stereocenters. The summed E-state index contributed by atoms with van der Waals surface area (Å²) in [6.07, 6.45) is -0.919. The number of terminal acetylenes is 1. The summed E-state index contributed by atoms with van der Waals surface area (Å²) in [7, 11) is 0. The summed E-state index contributed by atoms with van der Waals surface area (Å²) in [5.41, 5.74) is 5.23. The van der Waals surface area contributed by atoms with Gasteiger partial charge in [-0.3, -0.25) is 5.84 Å². The second-order valence-electron chi connectivity index (χ2n) is 9.69. The summed E-state index contributed by atoms with van der Waals surface area (Å²) in [5.74, 6) is 5.83. The maximum absolute atomic E-state index is 12.9. The van der Waals surface area contributed by atoms with E-state index in [2.05, 4.69) is 51.4 Å². The van der Waals surface area contributed by atoms with E-state index in [9.17, 15) is 35.1 Å². The normalized spacial score (nSPS) is 15.0. The molecule has 246 valence electrons. The minimum Gasteiger partial charge on any atom is -0.482 e. The smallest absolute Gasteiger partial charge is 0.482 e. The highest BCUT2D eigenvalue weighted by atomic mass is 19.4. The Morgan fingerprint density at radius 2 is 1.69 bits per heavy atom. The van der Waals surface area contributed by atoms with Crippen molar-refractivity contribution in [3.05, 3.63) is 66.3 Å². The number of hydrazine groups is 1. The fourth-order valence-corrected chi connectivity index (χ4v) is 3.79. The minimum absolute atomic E-state index is 0.142. The van der Waals surface area contributed by atoms with Gasteiger partial charge in [0.1, 0.15) is 17.8 Å². The first-order valence-electron chi connectivity index (χ1n) is 13.2. The van der Waals surface area contributed by atoms with Crippen molar-refractivity contribution in [2.45, 2.75) is 51.6 Å². The molecule has 1 aromatic heterocycles. The number of hydrogen-bond donors (Lipinski definition) is 3. The third-order valence-corrected chi connectivity index (χ3v) is 6.04. The van der Waals surface area contributed by atoms with Gasteiger partial charge in [-0.2, -0.15) is 35.1 Å². The summed E-state index contributed by atoms with van der Waals surface area (Å²) < 4.78 is 108. The van der Waals surface area contributed by atoms with Crippen molar-refractivity contribution < 1.29 is 44.6 Å². The van der Waals surface area contributed by atoms with Crippen molar-refractivity contribution >= 4 is 11.3 Å². The summed E-state index contributed by atoms with van der Waals surface area (Å²) in [6.45, 7) is 2.91. The molecule has 0 amide bonds. The third kappa shape index (κ3) is 11.6. The molecule has 45 heavy (non-hydrogen) atoms. The van der Waals surface area contributed by atoms with E-state index in [1.165, 1.54) is 29.2 Å². The zero-order valence-electron chi connectivity index (χ0n) is 24.2. The molecular formula is C29H32F8N6O2. The van der Waals surface area contributed by atoms with Gasteiger partial charge in [0.05, 0.1) is 18.0 Å². The number of halogens is 8. The van der Waals surface area contributed by atoms with E-state index in [1.54, 1.807) is 12.1 Å². The second kappa shape index (κ2) is 16.1. The number of aryl methyl sites for hydroxylation is 1. The molecule has 0 radical (unpaired) electrons. The number of rotatable bonds is 9. The van der Waals surface area contributed by atoms with Crippen LogP contribution in [0.15, 0.2) is 54.9 Å². The van der Waals surface area contributed by atoms with Crippen LogP contribution in [0.3, 0.4) is 0 Å². The van der Waals surface area contributed by atoms with Gasteiger partial charge in [0.15, 0.2) is 12.4 Å². The molecule has 0 aliphatic heterocycles.